The Balaban J connectivity index is 2.47. The molecule has 0 aliphatic heterocycles. The molecule has 6 heteroatoms. The van der Waals surface area contributed by atoms with E-state index >= 15 is 0 Å². The second kappa shape index (κ2) is 5.92. The topological polar surface area (TPSA) is 44.9 Å². The zero-order valence-corrected chi connectivity index (χ0v) is 12.7. The molecule has 2 aromatic rings. The molecule has 0 saturated carbocycles. The second-order valence-electron chi connectivity index (χ2n) is 4.63. The lowest BCUT2D eigenvalue weighted by molar-refractivity contribution is 0.0641. The van der Waals surface area contributed by atoms with Crippen molar-refractivity contribution in [3.8, 4) is 0 Å². The first-order valence-corrected chi connectivity index (χ1v) is 7.24. The third-order valence-electron chi connectivity index (χ3n) is 3.22. The number of ether oxygens (including phenoxy) is 1. The smallest absolute Gasteiger partial charge is 0.158 e. The van der Waals surface area contributed by atoms with E-state index in [0.717, 1.165) is 35.6 Å². The highest BCUT2D eigenvalue weighted by atomic mass is 35.5. The van der Waals surface area contributed by atoms with Gasteiger partial charge in [-0.15, -0.1) is 11.6 Å². The Morgan fingerprint density at radius 1 is 1.37 bits per heavy atom. The van der Waals surface area contributed by atoms with Crippen LogP contribution in [-0.4, -0.2) is 32.0 Å². The molecule has 2 rings (SSSR count). The van der Waals surface area contributed by atoms with Crippen molar-refractivity contribution >= 4 is 22.8 Å². The fourth-order valence-corrected chi connectivity index (χ4v) is 2.62. The van der Waals surface area contributed by atoms with Crippen molar-refractivity contribution < 1.29 is 4.74 Å². The molecule has 0 N–H and O–H groups in total. The number of fused-ring (bicyclic) bond motifs is 1. The van der Waals surface area contributed by atoms with Gasteiger partial charge in [0.25, 0.3) is 0 Å². The molecule has 0 saturated heterocycles. The molecule has 2 aromatic heterocycles. The van der Waals surface area contributed by atoms with Crippen molar-refractivity contribution in [2.75, 3.05) is 6.61 Å². The maximum atomic E-state index is 6.02. The van der Waals surface area contributed by atoms with Gasteiger partial charge in [-0.2, -0.15) is 5.10 Å². The maximum Gasteiger partial charge on any atom is 0.158 e. The third-order valence-corrected chi connectivity index (χ3v) is 3.45. The molecule has 5 nitrogen and oxygen atoms in total. The number of aromatic nitrogens is 4. The molecule has 0 spiro atoms. The number of rotatable bonds is 6. The number of nitrogens with zero attached hydrogens (tertiary/aromatic N) is 4. The average molecular weight is 285 g/mol. The van der Waals surface area contributed by atoms with Crippen molar-refractivity contribution in [3.63, 3.8) is 0 Å². The molecule has 19 heavy (non-hydrogen) atoms. The van der Waals surface area contributed by atoms with E-state index in [1.54, 1.807) is 0 Å². The molecule has 1 atom stereocenters. The van der Waals surface area contributed by atoms with E-state index in [4.69, 9.17) is 16.3 Å². The van der Waals surface area contributed by atoms with Crippen molar-refractivity contribution in [2.24, 2.45) is 7.05 Å². The van der Waals surface area contributed by atoms with Crippen LogP contribution in [0.25, 0.3) is 11.2 Å². The molecule has 0 bridgehead atoms. The molecule has 0 radical (unpaired) electrons. The van der Waals surface area contributed by atoms with Gasteiger partial charge >= 0.3 is 0 Å². The summed E-state index contributed by atoms with van der Waals surface area (Å²) >= 11 is 6.02. The minimum atomic E-state index is 0.129. The molecule has 0 amide bonds. The lowest BCUT2D eigenvalue weighted by atomic mass is 10.3. The SMILES string of the molecule is CCOC(C)Cn1c(CCl)nc2c(CC)nn(C)c21. The van der Waals surface area contributed by atoms with Crippen molar-refractivity contribution in [1.82, 2.24) is 19.3 Å². The minimum absolute atomic E-state index is 0.129. The van der Waals surface area contributed by atoms with Gasteiger partial charge < -0.3 is 9.30 Å². The van der Waals surface area contributed by atoms with Gasteiger partial charge in [0, 0.05) is 13.7 Å². The molecule has 0 aromatic carbocycles. The summed E-state index contributed by atoms with van der Waals surface area (Å²) in [7, 11) is 1.95. The number of aryl methyl sites for hydroxylation is 2. The minimum Gasteiger partial charge on any atom is -0.377 e. The van der Waals surface area contributed by atoms with Crippen LogP contribution < -0.4 is 0 Å². The van der Waals surface area contributed by atoms with E-state index in [2.05, 4.69) is 28.5 Å². The van der Waals surface area contributed by atoms with E-state index < -0.39 is 0 Å². The fourth-order valence-electron chi connectivity index (χ4n) is 2.41. The van der Waals surface area contributed by atoms with Gasteiger partial charge in [-0.1, -0.05) is 6.92 Å². The van der Waals surface area contributed by atoms with Crippen LogP contribution >= 0.6 is 11.6 Å². The first-order chi connectivity index (χ1) is 9.12. The summed E-state index contributed by atoms with van der Waals surface area (Å²) < 4.78 is 9.62. The Morgan fingerprint density at radius 3 is 2.68 bits per heavy atom. The molecule has 2 heterocycles. The lowest BCUT2D eigenvalue weighted by Gasteiger charge is -2.14. The van der Waals surface area contributed by atoms with E-state index in [1.807, 2.05) is 18.7 Å². The zero-order chi connectivity index (χ0) is 14.0. The third kappa shape index (κ3) is 2.62. The number of halogens is 1. The molecular formula is C13H21ClN4O. The molecular weight excluding hydrogens is 264 g/mol. The van der Waals surface area contributed by atoms with Crippen LogP contribution in [0.1, 0.15) is 32.3 Å². The second-order valence-corrected chi connectivity index (χ2v) is 4.90. The summed E-state index contributed by atoms with van der Waals surface area (Å²) in [5, 5.41) is 4.51. The van der Waals surface area contributed by atoms with E-state index in [1.165, 1.54) is 0 Å². The standard InChI is InChI=1S/C13H21ClN4O/c1-5-10-12-13(17(4)16-10)18(11(7-14)15-12)8-9(3)19-6-2/h9H,5-8H2,1-4H3. The molecule has 106 valence electrons. The number of hydrogen-bond acceptors (Lipinski definition) is 3. The summed E-state index contributed by atoms with van der Waals surface area (Å²) in [6, 6.07) is 0. The first kappa shape index (κ1) is 14.3. The summed E-state index contributed by atoms with van der Waals surface area (Å²) in [5.41, 5.74) is 3.01. The monoisotopic (exact) mass is 284 g/mol. The molecule has 1 unspecified atom stereocenters. The zero-order valence-electron chi connectivity index (χ0n) is 12.0. The summed E-state index contributed by atoms with van der Waals surface area (Å²) in [6.07, 6.45) is 1.00. The average Bonchev–Trinajstić information content (AvgIpc) is 2.88. The van der Waals surface area contributed by atoms with Crippen LogP contribution in [-0.2, 0) is 30.6 Å². The maximum absolute atomic E-state index is 6.02. The first-order valence-electron chi connectivity index (χ1n) is 6.70. The summed E-state index contributed by atoms with van der Waals surface area (Å²) in [4.78, 5) is 4.63. The van der Waals surface area contributed by atoms with Crippen molar-refractivity contribution in [3.05, 3.63) is 11.5 Å². The highest BCUT2D eigenvalue weighted by Crippen LogP contribution is 2.21. The van der Waals surface area contributed by atoms with Crippen molar-refractivity contribution in [1.29, 1.82) is 0 Å². The molecule has 0 aliphatic rings. The Morgan fingerprint density at radius 2 is 2.11 bits per heavy atom. The quantitative estimate of drug-likeness (QED) is 0.766. The number of imidazole rings is 1. The van der Waals surface area contributed by atoms with Gasteiger partial charge in [-0.3, -0.25) is 4.68 Å². The Labute approximate surface area is 118 Å². The summed E-state index contributed by atoms with van der Waals surface area (Å²) in [5.74, 6) is 1.28. The predicted octanol–water partition coefficient (Wildman–Crippen LogP) is 2.50. The normalized spacial score (nSPS) is 13.3. The van der Waals surface area contributed by atoms with Gasteiger partial charge in [0.15, 0.2) is 5.65 Å². The largest absolute Gasteiger partial charge is 0.377 e. The highest BCUT2D eigenvalue weighted by molar-refractivity contribution is 6.16. The van der Waals surface area contributed by atoms with Gasteiger partial charge in [0.1, 0.15) is 11.3 Å². The Kier molecular flexibility index (Phi) is 4.47. The van der Waals surface area contributed by atoms with Gasteiger partial charge in [0.2, 0.25) is 0 Å². The van der Waals surface area contributed by atoms with Crippen molar-refractivity contribution in [2.45, 2.75) is 45.7 Å². The Hall–Kier alpha value is -1.07. The van der Waals surface area contributed by atoms with Crippen LogP contribution in [0, 0.1) is 0 Å². The summed E-state index contributed by atoms with van der Waals surface area (Å²) in [6.45, 7) is 7.60. The van der Waals surface area contributed by atoms with E-state index in [0.29, 0.717) is 12.5 Å². The van der Waals surface area contributed by atoms with Crippen LogP contribution in [0.3, 0.4) is 0 Å². The molecule has 0 aliphatic carbocycles. The van der Waals surface area contributed by atoms with E-state index in [-0.39, 0.29) is 6.10 Å². The van der Waals surface area contributed by atoms with Gasteiger partial charge in [0.05, 0.1) is 24.2 Å². The number of alkyl halides is 1. The van der Waals surface area contributed by atoms with Crippen LogP contribution in [0.4, 0.5) is 0 Å². The Bertz CT molecular complexity index is 560. The van der Waals surface area contributed by atoms with Crippen LogP contribution in [0.2, 0.25) is 0 Å². The van der Waals surface area contributed by atoms with Gasteiger partial charge in [-0.05, 0) is 20.3 Å². The lowest BCUT2D eigenvalue weighted by Crippen LogP contribution is -2.19. The number of hydrogen-bond donors (Lipinski definition) is 0. The van der Waals surface area contributed by atoms with Crippen LogP contribution in [0.15, 0.2) is 0 Å². The predicted molar refractivity (Wildman–Crippen MR) is 76.5 cm³/mol. The van der Waals surface area contributed by atoms with E-state index in [9.17, 15) is 0 Å². The molecule has 0 fully saturated rings. The highest BCUT2D eigenvalue weighted by Gasteiger charge is 2.19. The fraction of sp³-hybridized carbons (Fsp3) is 0.692. The van der Waals surface area contributed by atoms with Gasteiger partial charge in [-0.25, -0.2) is 4.98 Å². The van der Waals surface area contributed by atoms with Crippen LogP contribution in [0.5, 0.6) is 0 Å².